The molecule has 31 heavy (non-hydrogen) atoms. The number of piperidine rings is 2. The maximum absolute atomic E-state index is 14.9. The van der Waals surface area contributed by atoms with Gasteiger partial charge in [0.2, 0.25) is 5.82 Å². The summed E-state index contributed by atoms with van der Waals surface area (Å²) in [7, 11) is 0. The molecule has 2 fully saturated rings. The normalized spacial score (nSPS) is 20.0. The second-order valence-electron chi connectivity index (χ2n) is 8.34. The zero-order valence-electron chi connectivity index (χ0n) is 17.6. The molecule has 8 nitrogen and oxygen atoms in total. The summed E-state index contributed by atoms with van der Waals surface area (Å²) in [5, 5.41) is 24.2. The smallest absolute Gasteiger partial charge is 0.311 e. The number of nitrogens with one attached hydrogen (secondary N) is 1. The Balaban J connectivity index is 1.58. The molecule has 0 amide bonds. The van der Waals surface area contributed by atoms with Crippen molar-refractivity contribution in [1.82, 2.24) is 4.98 Å². The van der Waals surface area contributed by atoms with E-state index in [9.17, 15) is 19.6 Å². The van der Waals surface area contributed by atoms with E-state index in [1.807, 2.05) is 4.90 Å². The fraction of sp³-hybridized carbons (Fsp3) is 0.500. The van der Waals surface area contributed by atoms with Crippen LogP contribution in [0.25, 0.3) is 0 Å². The fourth-order valence-corrected chi connectivity index (χ4v) is 4.36. The van der Waals surface area contributed by atoms with Gasteiger partial charge in [-0.1, -0.05) is 0 Å². The lowest BCUT2D eigenvalue weighted by atomic mass is 10.0. The molecule has 2 aromatic rings. The number of anilines is 4. The third-order valence-corrected chi connectivity index (χ3v) is 6.17. The molecule has 2 aliphatic heterocycles. The van der Waals surface area contributed by atoms with E-state index < -0.39 is 4.92 Å². The highest BCUT2D eigenvalue weighted by Gasteiger charge is 2.24. The Morgan fingerprint density at radius 2 is 1.94 bits per heavy atom. The molecule has 9 heteroatoms. The molecule has 2 saturated heterocycles. The van der Waals surface area contributed by atoms with E-state index >= 15 is 0 Å². The van der Waals surface area contributed by atoms with Gasteiger partial charge in [-0.25, -0.2) is 9.37 Å². The molecule has 2 N–H and O–H groups in total. The number of aromatic nitrogens is 1. The van der Waals surface area contributed by atoms with E-state index in [4.69, 9.17) is 0 Å². The number of pyridine rings is 1. The summed E-state index contributed by atoms with van der Waals surface area (Å²) in [5.74, 6) is 0.314. The van der Waals surface area contributed by atoms with Crippen LogP contribution in [0.4, 0.5) is 33.1 Å². The highest BCUT2D eigenvalue weighted by atomic mass is 19.1. The highest BCUT2D eigenvalue weighted by molar-refractivity contribution is 5.69. The molecule has 0 spiro atoms. The van der Waals surface area contributed by atoms with Crippen molar-refractivity contribution in [3.8, 4) is 0 Å². The van der Waals surface area contributed by atoms with E-state index in [-0.39, 0.29) is 29.5 Å². The Hall–Kier alpha value is -2.94. The molecule has 1 atom stereocenters. The maximum Gasteiger partial charge on any atom is 0.311 e. The van der Waals surface area contributed by atoms with Gasteiger partial charge in [0.15, 0.2) is 0 Å². The standard InChI is InChI=1S/C22H28FN5O3/c1-15-4-2-3-11-27(15)19-6-5-16(14-18(19)23)24-22-20(28(30)31)7-8-21(25-22)26-12-9-17(29)10-13-26/h5-8,14-15,17,29H,2-4,9-13H2,1H3,(H,24,25). The van der Waals surface area contributed by atoms with Gasteiger partial charge in [-0.3, -0.25) is 10.1 Å². The number of aliphatic hydroxyl groups is 1. The molecule has 0 bridgehead atoms. The van der Waals surface area contributed by atoms with Gasteiger partial charge in [0.25, 0.3) is 0 Å². The fourth-order valence-electron chi connectivity index (χ4n) is 4.36. The van der Waals surface area contributed by atoms with Crippen LogP contribution in [0.5, 0.6) is 0 Å². The average molecular weight is 429 g/mol. The van der Waals surface area contributed by atoms with Gasteiger partial charge in [-0.2, -0.15) is 0 Å². The van der Waals surface area contributed by atoms with Gasteiger partial charge in [0, 0.05) is 37.4 Å². The molecule has 2 aliphatic rings. The lowest BCUT2D eigenvalue weighted by Gasteiger charge is -2.35. The van der Waals surface area contributed by atoms with E-state index in [0.29, 0.717) is 43.1 Å². The average Bonchev–Trinajstić information content (AvgIpc) is 2.75. The van der Waals surface area contributed by atoms with Crippen molar-refractivity contribution in [2.75, 3.05) is 34.8 Å². The summed E-state index contributed by atoms with van der Waals surface area (Å²) in [6, 6.07) is 8.13. The highest BCUT2D eigenvalue weighted by Crippen LogP contribution is 2.33. The monoisotopic (exact) mass is 429 g/mol. The molecule has 0 radical (unpaired) electrons. The number of rotatable bonds is 5. The molecule has 1 unspecified atom stereocenters. The van der Waals surface area contributed by atoms with Crippen LogP contribution in [-0.2, 0) is 0 Å². The Kier molecular flexibility index (Phi) is 6.22. The second kappa shape index (κ2) is 9.05. The third-order valence-electron chi connectivity index (χ3n) is 6.17. The maximum atomic E-state index is 14.9. The Morgan fingerprint density at radius 3 is 2.61 bits per heavy atom. The van der Waals surface area contributed by atoms with E-state index in [0.717, 1.165) is 25.8 Å². The molecular weight excluding hydrogens is 401 g/mol. The van der Waals surface area contributed by atoms with Gasteiger partial charge < -0.3 is 20.2 Å². The van der Waals surface area contributed by atoms with Crippen molar-refractivity contribution in [3.05, 3.63) is 46.3 Å². The molecule has 3 heterocycles. The number of benzene rings is 1. The van der Waals surface area contributed by atoms with Gasteiger partial charge >= 0.3 is 5.69 Å². The molecule has 1 aromatic heterocycles. The van der Waals surface area contributed by atoms with Crippen LogP contribution < -0.4 is 15.1 Å². The zero-order valence-corrected chi connectivity index (χ0v) is 17.6. The van der Waals surface area contributed by atoms with Crippen molar-refractivity contribution in [3.63, 3.8) is 0 Å². The number of halogens is 1. The number of nitrogens with zero attached hydrogens (tertiary/aromatic N) is 4. The van der Waals surface area contributed by atoms with Crippen molar-refractivity contribution < 1.29 is 14.4 Å². The Bertz CT molecular complexity index is 949. The van der Waals surface area contributed by atoms with E-state index in [2.05, 4.69) is 22.1 Å². The van der Waals surface area contributed by atoms with Crippen molar-refractivity contribution in [2.24, 2.45) is 0 Å². The summed E-state index contributed by atoms with van der Waals surface area (Å²) in [4.78, 5) is 19.5. The first-order valence-corrected chi connectivity index (χ1v) is 10.8. The Labute approximate surface area is 180 Å². The SMILES string of the molecule is CC1CCCCN1c1ccc(Nc2nc(N3CCC(O)CC3)ccc2[N+](=O)[O-])cc1F. The van der Waals surface area contributed by atoms with Crippen LogP contribution in [0.1, 0.15) is 39.0 Å². The van der Waals surface area contributed by atoms with Gasteiger partial charge in [0.1, 0.15) is 11.6 Å². The first kappa shape index (κ1) is 21.3. The summed E-state index contributed by atoms with van der Waals surface area (Å²) < 4.78 is 14.9. The minimum absolute atomic E-state index is 0.0760. The number of hydrogen-bond acceptors (Lipinski definition) is 7. The van der Waals surface area contributed by atoms with Crippen molar-refractivity contribution in [2.45, 2.75) is 51.2 Å². The molecule has 0 saturated carbocycles. The molecule has 1 aromatic carbocycles. The summed E-state index contributed by atoms with van der Waals surface area (Å²) in [6.07, 6.45) is 4.17. The Morgan fingerprint density at radius 1 is 1.16 bits per heavy atom. The van der Waals surface area contributed by atoms with Crippen LogP contribution in [0.2, 0.25) is 0 Å². The quantitative estimate of drug-likeness (QED) is 0.543. The number of nitro groups is 1. The number of aliphatic hydroxyl groups excluding tert-OH is 1. The van der Waals surface area contributed by atoms with Crippen LogP contribution in [-0.4, -0.2) is 46.8 Å². The van der Waals surface area contributed by atoms with Gasteiger partial charge in [0.05, 0.1) is 16.7 Å². The van der Waals surface area contributed by atoms with E-state index in [1.54, 1.807) is 18.2 Å². The predicted octanol–water partition coefficient (Wildman–Crippen LogP) is 4.21. The predicted molar refractivity (Wildman–Crippen MR) is 119 cm³/mol. The topological polar surface area (TPSA) is 94.8 Å². The molecule has 0 aliphatic carbocycles. The van der Waals surface area contributed by atoms with Gasteiger partial charge in [-0.15, -0.1) is 0 Å². The number of hydrogen-bond donors (Lipinski definition) is 2. The van der Waals surface area contributed by atoms with Crippen molar-refractivity contribution >= 4 is 28.7 Å². The lowest BCUT2D eigenvalue weighted by Crippen LogP contribution is -2.37. The molecule has 4 rings (SSSR count). The first-order valence-electron chi connectivity index (χ1n) is 10.8. The summed E-state index contributed by atoms with van der Waals surface area (Å²) in [6.45, 7) is 4.18. The lowest BCUT2D eigenvalue weighted by molar-refractivity contribution is -0.384. The summed E-state index contributed by atoms with van der Waals surface area (Å²) in [5.41, 5.74) is 0.795. The van der Waals surface area contributed by atoms with Gasteiger partial charge in [-0.05, 0) is 63.3 Å². The minimum atomic E-state index is -0.501. The zero-order chi connectivity index (χ0) is 22.0. The second-order valence-corrected chi connectivity index (χ2v) is 8.34. The van der Waals surface area contributed by atoms with Crippen LogP contribution in [0.15, 0.2) is 30.3 Å². The van der Waals surface area contributed by atoms with Crippen LogP contribution in [0.3, 0.4) is 0 Å². The minimum Gasteiger partial charge on any atom is -0.393 e. The van der Waals surface area contributed by atoms with Crippen molar-refractivity contribution in [1.29, 1.82) is 0 Å². The largest absolute Gasteiger partial charge is 0.393 e. The summed E-state index contributed by atoms with van der Waals surface area (Å²) >= 11 is 0. The van der Waals surface area contributed by atoms with E-state index in [1.165, 1.54) is 12.1 Å². The first-order chi connectivity index (χ1) is 14.9. The van der Waals surface area contributed by atoms with Crippen LogP contribution >= 0.6 is 0 Å². The molecule has 166 valence electrons. The van der Waals surface area contributed by atoms with Crippen LogP contribution in [0, 0.1) is 15.9 Å². The third kappa shape index (κ3) is 4.71. The molecular formula is C22H28FN5O3.